The predicted molar refractivity (Wildman–Crippen MR) is 30.4 cm³/mol. The Hall–Kier alpha value is -0.391. The van der Waals surface area contributed by atoms with E-state index >= 15 is 0 Å². The molecule has 1 aliphatic carbocycles. The van der Waals surface area contributed by atoms with Crippen LogP contribution < -0.4 is 0 Å². The molecule has 0 amide bonds. The number of allylic oxidation sites excluding steroid dienone is 4. The van der Waals surface area contributed by atoms with Gasteiger partial charge in [0.05, 0.1) is 0 Å². The molecule has 54 valence electrons. The average molecular weight is 313 g/mol. The van der Waals surface area contributed by atoms with Gasteiger partial charge >= 0.3 is 22.6 Å². The molecule has 1 aliphatic rings. The summed E-state index contributed by atoms with van der Waals surface area (Å²) >= 11 is 0. The van der Waals surface area contributed by atoms with Gasteiger partial charge in [0.1, 0.15) is 0 Å². The Kier molecular flexibility index (Phi) is 38.3. The fourth-order valence-electron chi connectivity index (χ4n) is 0.321. The van der Waals surface area contributed by atoms with Crippen molar-refractivity contribution in [1.82, 2.24) is 0 Å². The van der Waals surface area contributed by atoms with E-state index in [1.54, 1.807) is 0 Å². The maximum Gasteiger partial charge on any atom is 0.00506 e. The summed E-state index contributed by atoms with van der Waals surface area (Å²) in [6.07, 6.45) is 10.0. The van der Waals surface area contributed by atoms with Crippen molar-refractivity contribution in [2.75, 3.05) is 0 Å². The van der Waals surface area contributed by atoms with E-state index in [0.717, 1.165) is 0 Å². The Morgan fingerprint density at radius 2 is 1.00 bits per heavy atom. The minimum atomic E-state index is 0. The number of rotatable bonds is 0. The van der Waals surface area contributed by atoms with Crippen molar-refractivity contribution in [3.63, 3.8) is 0 Å². The van der Waals surface area contributed by atoms with Gasteiger partial charge in [-0.15, -0.1) is 0 Å². The monoisotopic (exact) mass is 314 g/mol. The molecule has 10 heavy (non-hydrogen) atoms. The molecule has 0 aromatic carbocycles. The normalized spacial score (nSPS) is 9.20. The molecule has 0 saturated heterocycles. The summed E-state index contributed by atoms with van der Waals surface area (Å²) in [6, 6.07) is 0. The molecule has 0 aromatic rings. The van der Waals surface area contributed by atoms with Gasteiger partial charge in [-0.2, -0.15) is 0 Å². The third-order valence-electron chi connectivity index (χ3n) is 0.556. The van der Waals surface area contributed by atoms with Crippen LogP contribution in [0.5, 0.6) is 0 Å². The first-order chi connectivity index (χ1) is 4.50. The summed E-state index contributed by atoms with van der Waals surface area (Å²) in [4.78, 5) is 0. The molecule has 0 heterocycles. The summed E-state index contributed by atoms with van der Waals surface area (Å²) in [7, 11) is 0. The van der Waals surface area contributed by atoms with E-state index < -0.39 is 0 Å². The van der Waals surface area contributed by atoms with Gasteiger partial charge in [0.25, 0.3) is 0 Å². The van der Waals surface area contributed by atoms with Crippen LogP contribution >= 0.6 is 0 Å². The number of hydrogen-bond acceptors (Lipinski definition) is 0. The first-order valence-electron chi connectivity index (χ1n) is 2.07. The molecule has 0 unspecified atom stereocenters. The van der Waals surface area contributed by atoms with Gasteiger partial charge in [-0.3, -0.25) is 0 Å². The van der Waals surface area contributed by atoms with E-state index in [1.807, 2.05) is 30.7 Å². The van der Waals surface area contributed by atoms with Crippen LogP contribution in [-0.4, -0.2) is 0 Å². The zero-order chi connectivity index (χ0) is 7.54. The van der Waals surface area contributed by atoms with E-state index in [-0.39, 0.29) is 20.1 Å². The van der Waals surface area contributed by atoms with Crippen LogP contribution in [0.3, 0.4) is 0 Å². The van der Waals surface area contributed by atoms with Crippen LogP contribution in [0.25, 0.3) is 0 Å². The largest absolute Gasteiger partial charge is 0.0767 e. The van der Waals surface area contributed by atoms with Crippen molar-refractivity contribution in [3.05, 3.63) is 44.0 Å². The van der Waals surface area contributed by atoms with E-state index in [1.165, 1.54) is 0 Å². The van der Waals surface area contributed by atoms with Crippen LogP contribution in [0, 0.1) is 19.7 Å². The van der Waals surface area contributed by atoms with E-state index in [0.29, 0.717) is 0 Å². The third kappa shape index (κ3) is 15.6. The van der Waals surface area contributed by atoms with Crippen molar-refractivity contribution in [3.8, 4) is 0 Å². The second kappa shape index (κ2) is 23.5. The van der Waals surface area contributed by atoms with Crippen LogP contribution in [0.15, 0.2) is 24.3 Å². The van der Waals surface area contributed by atoms with E-state index in [4.69, 9.17) is 9.30 Å². The van der Waals surface area contributed by atoms with Crippen molar-refractivity contribution in [1.29, 1.82) is 0 Å². The predicted octanol–water partition coefficient (Wildman–Crippen LogP) is 1.24. The molecule has 0 aromatic heterocycles. The van der Waals surface area contributed by atoms with Crippen molar-refractivity contribution < 1.29 is 29.4 Å². The molecule has 3 heteroatoms. The van der Waals surface area contributed by atoms with Gasteiger partial charge in [0.2, 0.25) is 0 Å². The fraction of sp³-hybridized carbons (Fsp3) is 0. The summed E-state index contributed by atoms with van der Waals surface area (Å²) in [5, 5.41) is 0. The van der Waals surface area contributed by atoms with Crippen LogP contribution in [0.1, 0.15) is 0 Å². The Bertz CT molecular complexity index is 117. The van der Waals surface area contributed by atoms with Gasteiger partial charge in [0, 0.05) is 26.5 Å². The Labute approximate surface area is 73.8 Å². The maximum atomic E-state index is 7.50. The smallest absolute Gasteiger partial charge is 0.00506 e. The molecule has 0 spiro atoms. The molecule has 0 fully saturated rings. The van der Waals surface area contributed by atoms with Crippen molar-refractivity contribution >= 4 is 0 Å². The van der Waals surface area contributed by atoms with Gasteiger partial charge in [-0.05, 0) is 0 Å². The van der Waals surface area contributed by atoms with E-state index in [9.17, 15) is 0 Å². The van der Waals surface area contributed by atoms with Crippen LogP contribution in [0.2, 0.25) is 0 Å². The molecule has 0 bridgehead atoms. The summed E-state index contributed by atoms with van der Waals surface area (Å²) in [5.74, 6) is 0. The van der Waals surface area contributed by atoms with Gasteiger partial charge in [0.15, 0.2) is 0 Å². The van der Waals surface area contributed by atoms with Crippen molar-refractivity contribution in [2.45, 2.75) is 0 Å². The maximum absolute atomic E-state index is 7.50. The minimum absolute atomic E-state index is 0. The van der Waals surface area contributed by atoms with Gasteiger partial charge < -0.3 is 0 Å². The Balaban J connectivity index is -0.0000000875. The molecule has 1 rings (SSSR count). The Morgan fingerprint density at radius 3 is 1.10 bits per heavy atom. The molecular weight excluding hydrogens is 308 g/mol. The molecule has 0 atom stereocenters. The second-order valence-electron chi connectivity index (χ2n) is 0.962. The quantitative estimate of drug-likeness (QED) is 0.477. The summed E-state index contributed by atoms with van der Waals surface area (Å²) in [5.41, 5.74) is 0. The van der Waals surface area contributed by atoms with Crippen LogP contribution in [0.4, 0.5) is 0 Å². The molecule has 0 saturated carbocycles. The fourth-order valence-corrected chi connectivity index (χ4v) is 0.321. The molecule has 0 N–H and O–H groups in total. The first-order valence-corrected chi connectivity index (χ1v) is 2.07. The average Bonchev–Trinajstić information content (AvgIpc) is 2.51. The molecule has 0 aliphatic heterocycles. The summed E-state index contributed by atoms with van der Waals surface area (Å²) < 4.78 is 15.0. The zero-order valence-electron chi connectivity index (χ0n) is 5.04. The van der Waals surface area contributed by atoms with Crippen LogP contribution in [-0.2, 0) is 29.4 Å². The number of hydrogen-bond donors (Lipinski definition) is 0. The SMILES string of the molecule is [C-]#[O+].[C-]#[O+].[CH]1C=CC=C1.[Ir]. The zero-order valence-corrected chi connectivity index (χ0v) is 7.43. The van der Waals surface area contributed by atoms with Gasteiger partial charge in [-0.25, -0.2) is 0 Å². The third-order valence-corrected chi connectivity index (χ3v) is 0.556. The van der Waals surface area contributed by atoms with Gasteiger partial charge in [-0.1, -0.05) is 24.3 Å². The molecule has 2 radical (unpaired) electrons. The first kappa shape index (κ1) is 16.3. The topological polar surface area (TPSA) is 39.8 Å². The Morgan fingerprint density at radius 1 is 0.700 bits per heavy atom. The van der Waals surface area contributed by atoms with Crippen molar-refractivity contribution in [2.24, 2.45) is 0 Å². The summed E-state index contributed by atoms with van der Waals surface area (Å²) in [6.45, 7) is 9.00. The van der Waals surface area contributed by atoms with E-state index in [2.05, 4.69) is 13.3 Å². The minimum Gasteiger partial charge on any atom is -0.0767 e. The standard InChI is InChI=1S/C5H5.2CO.Ir/c1-2-4-5-3-1;2*1-2;/h1-5H;;;. The second-order valence-corrected chi connectivity index (χ2v) is 0.962. The molecular formula is C7H5IrO2. The molecule has 2 nitrogen and oxygen atoms in total.